The van der Waals surface area contributed by atoms with E-state index in [2.05, 4.69) is 60.6 Å². The van der Waals surface area contributed by atoms with Crippen molar-refractivity contribution in [2.24, 2.45) is 5.92 Å². The zero-order valence-corrected chi connectivity index (χ0v) is 23.4. The Balaban J connectivity index is 1.90. The van der Waals surface area contributed by atoms with E-state index in [1.54, 1.807) is 0 Å². The minimum atomic E-state index is -0.300. The quantitative estimate of drug-likeness (QED) is 0.387. The molecular formula is C31H44N2O3. The Morgan fingerprint density at radius 2 is 1.58 bits per heavy atom. The van der Waals surface area contributed by atoms with E-state index >= 15 is 0 Å². The Morgan fingerprint density at radius 1 is 1.03 bits per heavy atom. The number of likely N-dealkylation sites (tertiary alicyclic amines) is 1. The fraction of sp³-hybridized carbons (Fsp3) is 0.548. The summed E-state index contributed by atoms with van der Waals surface area (Å²) in [6, 6.07) is 11.8. The number of amidine groups is 1. The van der Waals surface area contributed by atoms with Crippen LogP contribution < -0.4 is 4.74 Å². The second-order valence-electron chi connectivity index (χ2n) is 12.1. The van der Waals surface area contributed by atoms with Gasteiger partial charge in [-0.15, -0.1) is 0 Å². The van der Waals surface area contributed by atoms with Gasteiger partial charge in [-0.3, -0.25) is 10.2 Å². The molecule has 5 nitrogen and oxygen atoms in total. The van der Waals surface area contributed by atoms with Crippen LogP contribution in [0.4, 0.5) is 0 Å². The van der Waals surface area contributed by atoms with Crippen molar-refractivity contribution in [3.63, 3.8) is 0 Å². The molecule has 1 heterocycles. The minimum absolute atomic E-state index is 0.0154. The molecule has 5 heteroatoms. The number of carbonyl (C=O) groups excluding carboxylic acids is 1. The lowest BCUT2D eigenvalue weighted by Gasteiger charge is -2.28. The number of phenolic OH excluding ortho intramolecular Hbond substituents is 1. The number of ether oxygens (including phenoxy) is 1. The molecule has 0 amide bonds. The number of benzene rings is 2. The molecule has 1 saturated heterocycles. The first kappa shape index (κ1) is 27.8. The van der Waals surface area contributed by atoms with E-state index in [9.17, 15) is 9.90 Å². The van der Waals surface area contributed by atoms with Crippen molar-refractivity contribution in [2.45, 2.75) is 85.0 Å². The van der Waals surface area contributed by atoms with Crippen molar-refractivity contribution in [1.82, 2.24) is 4.90 Å². The summed E-state index contributed by atoms with van der Waals surface area (Å²) in [5, 5.41) is 20.1. The highest BCUT2D eigenvalue weighted by Crippen LogP contribution is 2.41. The van der Waals surface area contributed by atoms with E-state index in [0.29, 0.717) is 30.5 Å². The summed E-state index contributed by atoms with van der Waals surface area (Å²) in [5.74, 6) is 1.88. The number of Topliss-reactive ketones (excluding diaryl/α,β-unsaturated/α-hetero) is 1. The van der Waals surface area contributed by atoms with Gasteiger partial charge in [-0.25, -0.2) is 0 Å². The van der Waals surface area contributed by atoms with Crippen LogP contribution in [0.2, 0.25) is 0 Å². The van der Waals surface area contributed by atoms with E-state index in [1.807, 2.05) is 36.1 Å². The molecule has 0 unspecified atom stereocenters. The molecule has 0 aromatic heterocycles. The van der Waals surface area contributed by atoms with Gasteiger partial charge in [0.2, 0.25) is 0 Å². The topological polar surface area (TPSA) is 73.6 Å². The van der Waals surface area contributed by atoms with Crippen molar-refractivity contribution >= 4 is 11.6 Å². The summed E-state index contributed by atoms with van der Waals surface area (Å²) in [4.78, 5) is 15.6. The highest BCUT2D eigenvalue weighted by molar-refractivity contribution is 6.01. The fourth-order valence-corrected chi connectivity index (χ4v) is 5.26. The molecule has 1 fully saturated rings. The van der Waals surface area contributed by atoms with E-state index in [1.165, 1.54) is 0 Å². The molecule has 1 aliphatic rings. The number of carbonyl (C=O) groups is 1. The van der Waals surface area contributed by atoms with Crippen LogP contribution in [0, 0.1) is 11.3 Å². The average Bonchev–Trinajstić information content (AvgIpc) is 3.08. The highest BCUT2D eigenvalue weighted by Gasteiger charge is 2.39. The number of aromatic hydroxyl groups is 1. The normalized spacial score (nSPS) is 18.6. The van der Waals surface area contributed by atoms with E-state index in [-0.39, 0.29) is 34.8 Å². The SMILES string of the molecule is CCC[C@H]1CN(CC(=O)c2cc(C(C)(C)C)c(O)c(C(C)(C)C)c2)C(=N)[C@@H]1c1ccc(OCC)cc1. The van der Waals surface area contributed by atoms with Crippen LogP contribution in [0.25, 0.3) is 0 Å². The number of hydrogen-bond acceptors (Lipinski definition) is 4. The Morgan fingerprint density at radius 3 is 2.06 bits per heavy atom. The van der Waals surface area contributed by atoms with Gasteiger partial charge in [-0.05, 0) is 59.9 Å². The maximum atomic E-state index is 13.6. The predicted octanol–water partition coefficient (Wildman–Crippen LogP) is 7.06. The molecule has 0 aliphatic carbocycles. The smallest absolute Gasteiger partial charge is 0.182 e. The number of nitrogens with one attached hydrogen (secondary N) is 1. The average molecular weight is 493 g/mol. The summed E-state index contributed by atoms with van der Waals surface area (Å²) in [7, 11) is 0. The van der Waals surface area contributed by atoms with Crippen LogP contribution in [-0.4, -0.2) is 41.3 Å². The van der Waals surface area contributed by atoms with E-state index in [0.717, 1.165) is 35.3 Å². The van der Waals surface area contributed by atoms with Crippen molar-refractivity contribution in [2.75, 3.05) is 19.7 Å². The largest absolute Gasteiger partial charge is 0.507 e. The van der Waals surface area contributed by atoms with Gasteiger partial charge in [0.1, 0.15) is 17.3 Å². The number of nitrogens with zero attached hydrogens (tertiary/aromatic N) is 1. The lowest BCUT2D eigenvalue weighted by atomic mass is 9.78. The Bertz CT molecular complexity index is 1060. The first-order valence-electron chi connectivity index (χ1n) is 13.2. The monoisotopic (exact) mass is 492 g/mol. The Kier molecular flexibility index (Phi) is 8.22. The molecule has 0 saturated carbocycles. The summed E-state index contributed by atoms with van der Waals surface area (Å²) < 4.78 is 5.60. The molecule has 1 aliphatic heterocycles. The standard InChI is InChI=1S/C31H44N2O3/c1-9-11-21-18-33(29(32)27(21)20-12-14-23(15-13-20)36-10-2)19-26(34)22-16-24(30(3,4)5)28(35)25(17-22)31(6,7)8/h12-17,21,27,32,35H,9-11,18-19H2,1-8H3/t21-,27+/m0/s1. The molecule has 0 radical (unpaired) electrons. The predicted molar refractivity (Wildman–Crippen MR) is 148 cm³/mol. The highest BCUT2D eigenvalue weighted by atomic mass is 16.5. The van der Waals surface area contributed by atoms with Gasteiger partial charge in [0.05, 0.1) is 13.2 Å². The fourth-order valence-electron chi connectivity index (χ4n) is 5.26. The molecule has 3 rings (SSSR count). The van der Waals surface area contributed by atoms with Gasteiger partial charge in [0, 0.05) is 29.2 Å². The third-order valence-corrected chi connectivity index (χ3v) is 7.15. The van der Waals surface area contributed by atoms with Gasteiger partial charge in [-0.2, -0.15) is 0 Å². The van der Waals surface area contributed by atoms with Crippen molar-refractivity contribution in [3.8, 4) is 11.5 Å². The van der Waals surface area contributed by atoms with E-state index in [4.69, 9.17) is 10.1 Å². The van der Waals surface area contributed by atoms with Gasteiger partial charge < -0.3 is 14.7 Å². The number of ketones is 1. The third kappa shape index (κ3) is 5.93. The summed E-state index contributed by atoms with van der Waals surface area (Å²) in [5.41, 5.74) is 2.67. The second-order valence-corrected chi connectivity index (χ2v) is 12.1. The minimum Gasteiger partial charge on any atom is -0.507 e. The molecule has 0 bridgehead atoms. The third-order valence-electron chi connectivity index (χ3n) is 7.15. The molecule has 36 heavy (non-hydrogen) atoms. The van der Waals surface area contributed by atoms with Gasteiger partial charge in [0.25, 0.3) is 0 Å². The van der Waals surface area contributed by atoms with Crippen LogP contribution in [0.15, 0.2) is 36.4 Å². The molecule has 2 N–H and O–H groups in total. The molecule has 0 spiro atoms. The zero-order valence-electron chi connectivity index (χ0n) is 23.4. The van der Waals surface area contributed by atoms with Crippen molar-refractivity contribution in [1.29, 1.82) is 5.41 Å². The number of phenols is 1. The molecule has 2 aromatic carbocycles. The van der Waals surface area contributed by atoms with Crippen LogP contribution >= 0.6 is 0 Å². The van der Waals surface area contributed by atoms with Crippen LogP contribution in [0.3, 0.4) is 0 Å². The van der Waals surface area contributed by atoms with Crippen LogP contribution in [0.5, 0.6) is 11.5 Å². The van der Waals surface area contributed by atoms with Gasteiger partial charge >= 0.3 is 0 Å². The summed E-state index contributed by atoms with van der Waals surface area (Å²) in [6.07, 6.45) is 2.04. The maximum absolute atomic E-state index is 13.6. The number of rotatable bonds is 8. The lowest BCUT2D eigenvalue weighted by molar-refractivity contribution is 0.0963. The lowest BCUT2D eigenvalue weighted by Crippen LogP contribution is -2.32. The maximum Gasteiger partial charge on any atom is 0.182 e. The molecule has 196 valence electrons. The van der Waals surface area contributed by atoms with Gasteiger partial charge in [0.15, 0.2) is 5.78 Å². The van der Waals surface area contributed by atoms with Crippen LogP contribution in [0.1, 0.15) is 101 Å². The number of hydrogen-bond donors (Lipinski definition) is 2. The zero-order chi connectivity index (χ0) is 26.8. The molecule has 2 aromatic rings. The summed E-state index contributed by atoms with van der Waals surface area (Å²) in [6.45, 7) is 17.9. The molecular weight excluding hydrogens is 448 g/mol. The Hall–Kier alpha value is -2.82. The second kappa shape index (κ2) is 10.7. The van der Waals surface area contributed by atoms with Crippen molar-refractivity contribution < 1.29 is 14.6 Å². The van der Waals surface area contributed by atoms with E-state index < -0.39 is 0 Å². The molecule has 2 atom stereocenters. The Labute approximate surface area is 217 Å². The van der Waals surface area contributed by atoms with Crippen molar-refractivity contribution in [3.05, 3.63) is 58.7 Å². The van der Waals surface area contributed by atoms with Gasteiger partial charge in [-0.1, -0.05) is 67.0 Å². The first-order valence-corrected chi connectivity index (χ1v) is 13.2. The van der Waals surface area contributed by atoms with Crippen LogP contribution in [-0.2, 0) is 10.8 Å². The first-order chi connectivity index (χ1) is 16.8. The summed E-state index contributed by atoms with van der Waals surface area (Å²) >= 11 is 0.